The first-order valence-electron chi connectivity index (χ1n) is 6.67. The molecule has 2 aliphatic rings. The van der Waals surface area contributed by atoms with Crippen LogP contribution in [0.1, 0.15) is 24.8 Å². The van der Waals surface area contributed by atoms with Crippen molar-refractivity contribution < 1.29 is 13.2 Å². The fourth-order valence-corrected chi connectivity index (χ4v) is 3.36. The van der Waals surface area contributed by atoms with Crippen molar-refractivity contribution in [3.05, 3.63) is 22.3 Å². The van der Waals surface area contributed by atoms with Crippen molar-refractivity contribution in [3.8, 4) is 0 Å². The smallest absolute Gasteiger partial charge is 0.354 e. The molecule has 0 aliphatic carbocycles. The first-order valence-corrected chi connectivity index (χ1v) is 7.46. The van der Waals surface area contributed by atoms with Crippen molar-refractivity contribution in [2.45, 2.75) is 37.5 Å². The van der Waals surface area contributed by atoms with E-state index in [1.807, 2.05) is 0 Å². The zero-order valence-electron chi connectivity index (χ0n) is 10.8. The van der Waals surface area contributed by atoms with Gasteiger partial charge in [0.1, 0.15) is 5.82 Å². The highest BCUT2D eigenvalue weighted by Crippen LogP contribution is 2.37. The molecule has 2 saturated heterocycles. The van der Waals surface area contributed by atoms with E-state index in [2.05, 4.69) is 26.2 Å². The summed E-state index contributed by atoms with van der Waals surface area (Å²) in [5.74, 6) is 0.0510. The molecule has 3 heterocycles. The van der Waals surface area contributed by atoms with Crippen LogP contribution < -0.4 is 10.2 Å². The molecule has 3 rings (SSSR count). The average molecular weight is 350 g/mol. The molecule has 1 aromatic heterocycles. The van der Waals surface area contributed by atoms with Crippen molar-refractivity contribution in [2.24, 2.45) is 0 Å². The minimum Gasteiger partial charge on any atom is -0.354 e. The normalized spacial score (nSPS) is 26.7. The second-order valence-corrected chi connectivity index (χ2v) is 6.31. The molecule has 0 spiro atoms. The molecule has 7 heteroatoms. The van der Waals surface area contributed by atoms with E-state index in [0.717, 1.165) is 25.3 Å². The highest BCUT2D eigenvalue weighted by Gasteiger charge is 2.38. The van der Waals surface area contributed by atoms with E-state index in [0.29, 0.717) is 23.6 Å². The number of nitrogens with one attached hydrogen (secondary N) is 1. The van der Waals surface area contributed by atoms with Gasteiger partial charge in [-0.15, -0.1) is 0 Å². The van der Waals surface area contributed by atoms with Gasteiger partial charge in [0.2, 0.25) is 0 Å². The Balaban J connectivity index is 1.93. The molecule has 2 unspecified atom stereocenters. The number of halogens is 4. The zero-order chi connectivity index (χ0) is 14.3. The molecule has 0 radical (unpaired) electrons. The van der Waals surface area contributed by atoms with Crippen LogP contribution in [0.4, 0.5) is 19.0 Å². The molecular formula is C13H15BrF3N3. The summed E-state index contributed by atoms with van der Waals surface area (Å²) in [4.78, 5) is 5.79. The van der Waals surface area contributed by atoms with Crippen LogP contribution >= 0.6 is 15.9 Å². The Morgan fingerprint density at radius 2 is 2.00 bits per heavy atom. The summed E-state index contributed by atoms with van der Waals surface area (Å²) in [6, 6.07) is 1.82. The van der Waals surface area contributed by atoms with E-state index in [1.165, 1.54) is 6.20 Å². The number of aromatic nitrogens is 1. The van der Waals surface area contributed by atoms with Crippen LogP contribution in [-0.4, -0.2) is 30.2 Å². The largest absolute Gasteiger partial charge is 0.419 e. The van der Waals surface area contributed by atoms with E-state index in [9.17, 15) is 13.2 Å². The fourth-order valence-electron chi connectivity index (χ4n) is 3.03. The Morgan fingerprint density at radius 1 is 1.25 bits per heavy atom. The maximum absolute atomic E-state index is 13.2. The number of pyridine rings is 1. The summed E-state index contributed by atoms with van der Waals surface area (Å²) in [5, 5.41) is 3.46. The van der Waals surface area contributed by atoms with Gasteiger partial charge >= 0.3 is 6.18 Å². The lowest BCUT2D eigenvalue weighted by Crippen LogP contribution is -2.36. The second-order valence-electron chi connectivity index (χ2n) is 5.40. The van der Waals surface area contributed by atoms with Crippen LogP contribution in [0.15, 0.2) is 16.7 Å². The van der Waals surface area contributed by atoms with Gasteiger partial charge in [-0.3, -0.25) is 0 Å². The molecule has 0 amide bonds. The Kier molecular flexibility index (Phi) is 3.66. The molecule has 0 saturated carbocycles. The van der Waals surface area contributed by atoms with E-state index in [-0.39, 0.29) is 11.9 Å². The van der Waals surface area contributed by atoms with Gasteiger partial charge in [-0.25, -0.2) is 4.98 Å². The fraction of sp³-hybridized carbons (Fsp3) is 0.615. The molecule has 2 bridgehead atoms. The van der Waals surface area contributed by atoms with Crippen molar-refractivity contribution in [1.82, 2.24) is 10.3 Å². The number of nitrogens with zero attached hydrogens (tertiary/aromatic N) is 2. The molecule has 20 heavy (non-hydrogen) atoms. The number of anilines is 1. The van der Waals surface area contributed by atoms with Crippen molar-refractivity contribution in [1.29, 1.82) is 0 Å². The topological polar surface area (TPSA) is 28.2 Å². The van der Waals surface area contributed by atoms with Crippen LogP contribution in [0.5, 0.6) is 0 Å². The van der Waals surface area contributed by atoms with E-state index in [1.54, 1.807) is 4.90 Å². The van der Waals surface area contributed by atoms with Gasteiger partial charge in [-0.05, 0) is 41.3 Å². The summed E-state index contributed by atoms with van der Waals surface area (Å²) >= 11 is 3.07. The standard InChI is InChI=1S/C13H15BrF3N3/c14-8-5-11(13(15,16)17)12(18-6-8)20-4-3-9-1-2-10(7-20)19-9/h5-6,9-10,19H,1-4,7H2. The third-order valence-electron chi connectivity index (χ3n) is 3.96. The third-order valence-corrected chi connectivity index (χ3v) is 4.40. The predicted molar refractivity (Wildman–Crippen MR) is 73.7 cm³/mol. The van der Waals surface area contributed by atoms with Crippen LogP contribution in [0.2, 0.25) is 0 Å². The van der Waals surface area contributed by atoms with Gasteiger partial charge < -0.3 is 10.2 Å². The monoisotopic (exact) mass is 349 g/mol. The maximum atomic E-state index is 13.2. The minimum atomic E-state index is -4.38. The first kappa shape index (κ1) is 14.1. The molecule has 3 nitrogen and oxygen atoms in total. The third kappa shape index (κ3) is 2.79. The van der Waals surface area contributed by atoms with Crippen LogP contribution in [0.3, 0.4) is 0 Å². The number of alkyl halides is 3. The van der Waals surface area contributed by atoms with E-state index in [4.69, 9.17) is 0 Å². The minimum absolute atomic E-state index is 0.0510. The lowest BCUT2D eigenvalue weighted by atomic mass is 10.1. The molecule has 1 aromatic rings. The molecule has 110 valence electrons. The van der Waals surface area contributed by atoms with E-state index < -0.39 is 11.7 Å². The Labute approximate surface area is 123 Å². The van der Waals surface area contributed by atoms with Gasteiger partial charge in [0.05, 0.1) is 5.56 Å². The number of hydrogen-bond acceptors (Lipinski definition) is 3. The average Bonchev–Trinajstić information content (AvgIpc) is 2.69. The highest BCUT2D eigenvalue weighted by molar-refractivity contribution is 9.10. The second kappa shape index (κ2) is 5.18. The van der Waals surface area contributed by atoms with Crippen molar-refractivity contribution in [3.63, 3.8) is 0 Å². The Bertz CT molecular complexity index is 506. The summed E-state index contributed by atoms with van der Waals surface area (Å²) in [5.41, 5.74) is -0.662. The van der Waals surface area contributed by atoms with Crippen molar-refractivity contribution >= 4 is 21.7 Å². The number of fused-ring (bicyclic) bond motifs is 2. The summed E-state index contributed by atoms with van der Waals surface area (Å²) in [6.45, 7) is 1.21. The first-order chi connectivity index (χ1) is 9.43. The molecule has 0 aromatic carbocycles. The van der Waals surface area contributed by atoms with Crippen LogP contribution in [-0.2, 0) is 6.18 Å². The Morgan fingerprint density at radius 3 is 2.75 bits per heavy atom. The molecule has 2 atom stereocenters. The van der Waals surface area contributed by atoms with Gasteiger partial charge in [-0.1, -0.05) is 0 Å². The predicted octanol–water partition coefficient (Wildman–Crippen LogP) is 3.19. The number of hydrogen-bond donors (Lipinski definition) is 1. The quantitative estimate of drug-likeness (QED) is 0.843. The lowest BCUT2D eigenvalue weighted by molar-refractivity contribution is -0.137. The van der Waals surface area contributed by atoms with E-state index >= 15 is 0 Å². The molecule has 1 N–H and O–H groups in total. The van der Waals surface area contributed by atoms with Crippen LogP contribution in [0, 0.1) is 0 Å². The van der Waals surface area contributed by atoms with Gasteiger partial charge in [0.25, 0.3) is 0 Å². The molecular weight excluding hydrogens is 335 g/mol. The summed E-state index contributed by atoms with van der Waals surface area (Å²) in [6.07, 6.45) is 0.0645. The van der Waals surface area contributed by atoms with Gasteiger partial charge in [0.15, 0.2) is 0 Å². The lowest BCUT2D eigenvalue weighted by Gasteiger charge is -2.27. The number of rotatable bonds is 1. The van der Waals surface area contributed by atoms with Crippen LogP contribution in [0.25, 0.3) is 0 Å². The Hall–Kier alpha value is -0.820. The summed E-state index contributed by atoms with van der Waals surface area (Å²) in [7, 11) is 0. The zero-order valence-corrected chi connectivity index (χ0v) is 12.3. The molecule has 2 fully saturated rings. The molecule has 2 aliphatic heterocycles. The summed E-state index contributed by atoms with van der Waals surface area (Å²) < 4.78 is 39.9. The van der Waals surface area contributed by atoms with Crippen molar-refractivity contribution in [2.75, 3.05) is 18.0 Å². The van der Waals surface area contributed by atoms with Gasteiger partial charge in [0, 0.05) is 35.8 Å². The van der Waals surface area contributed by atoms with Gasteiger partial charge in [-0.2, -0.15) is 13.2 Å². The highest BCUT2D eigenvalue weighted by atomic mass is 79.9. The maximum Gasteiger partial charge on any atom is 0.419 e. The SMILES string of the molecule is FC(F)(F)c1cc(Br)cnc1N1CCC2CCC(C1)N2.